The number of aromatic nitrogens is 1. The molecule has 108 valence electrons. The molecule has 0 aliphatic carbocycles. The van der Waals surface area contributed by atoms with Crippen LogP contribution < -0.4 is 10.0 Å². The van der Waals surface area contributed by atoms with Crippen LogP contribution in [0.25, 0.3) is 0 Å². The van der Waals surface area contributed by atoms with Gasteiger partial charge < -0.3 is 9.73 Å². The summed E-state index contributed by atoms with van der Waals surface area (Å²) in [5, 5.41) is 3.09. The lowest BCUT2D eigenvalue weighted by Crippen LogP contribution is -2.13. The molecule has 0 aromatic carbocycles. The number of nitrogens with one attached hydrogen (secondary N) is 2. The van der Waals surface area contributed by atoms with Crippen molar-refractivity contribution in [1.29, 1.82) is 0 Å². The molecule has 0 aliphatic heterocycles. The maximum atomic E-state index is 12.3. The van der Waals surface area contributed by atoms with Gasteiger partial charge in [0, 0.05) is 18.5 Å². The molecule has 0 amide bonds. The molecule has 7 heteroatoms. The van der Waals surface area contributed by atoms with E-state index in [1.54, 1.807) is 25.1 Å². The highest BCUT2D eigenvalue weighted by molar-refractivity contribution is 7.92. The van der Waals surface area contributed by atoms with Gasteiger partial charge in [-0.05, 0) is 25.6 Å². The molecular formula is C13H17N3O3S. The minimum atomic E-state index is -3.65. The van der Waals surface area contributed by atoms with Crippen LogP contribution in [0.4, 0.5) is 5.69 Å². The van der Waals surface area contributed by atoms with Crippen molar-refractivity contribution in [1.82, 2.24) is 10.3 Å². The quantitative estimate of drug-likeness (QED) is 0.850. The van der Waals surface area contributed by atoms with Crippen LogP contribution in [0.15, 0.2) is 39.9 Å². The average Bonchev–Trinajstić information content (AvgIpc) is 2.79. The van der Waals surface area contributed by atoms with Gasteiger partial charge in [-0.3, -0.25) is 9.71 Å². The number of hydrogen-bond acceptors (Lipinski definition) is 5. The molecule has 0 unspecified atom stereocenters. The molecule has 0 bridgehead atoms. The molecule has 2 N–H and O–H groups in total. The van der Waals surface area contributed by atoms with Gasteiger partial charge in [-0.1, -0.05) is 6.92 Å². The van der Waals surface area contributed by atoms with Gasteiger partial charge in [0.25, 0.3) is 10.0 Å². The van der Waals surface area contributed by atoms with Crippen molar-refractivity contribution in [2.24, 2.45) is 0 Å². The summed E-state index contributed by atoms with van der Waals surface area (Å²) in [7, 11) is -3.65. The lowest BCUT2D eigenvalue weighted by Gasteiger charge is -2.05. The lowest BCUT2D eigenvalue weighted by molar-refractivity contribution is 0.460. The monoisotopic (exact) mass is 295 g/mol. The lowest BCUT2D eigenvalue weighted by atomic mass is 10.4. The van der Waals surface area contributed by atoms with Crippen molar-refractivity contribution in [3.05, 3.63) is 42.1 Å². The van der Waals surface area contributed by atoms with E-state index in [2.05, 4.69) is 15.0 Å². The standard InChI is InChI=1S/C13H17N3O3S/c1-3-14-9-12-8-13(10(2)19-12)20(17,18)16-11-4-6-15-7-5-11/h4-8,14H,3,9H2,1-2H3,(H,15,16). The van der Waals surface area contributed by atoms with Crippen molar-refractivity contribution >= 4 is 15.7 Å². The van der Waals surface area contributed by atoms with Crippen LogP contribution in [0.2, 0.25) is 0 Å². The van der Waals surface area contributed by atoms with Crippen molar-refractivity contribution in [2.45, 2.75) is 25.3 Å². The summed E-state index contributed by atoms with van der Waals surface area (Å²) >= 11 is 0. The first-order valence-electron chi connectivity index (χ1n) is 6.26. The van der Waals surface area contributed by atoms with Crippen LogP contribution in [-0.2, 0) is 16.6 Å². The Labute approximate surface area is 118 Å². The van der Waals surface area contributed by atoms with Gasteiger partial charge in [-0.2, -0.15) is 0 Å². The fourth-order valence-corrected chi connectivity index (χ4v) is 3.02. The number of anilines is 1. The molecule has 2 aromatic rings. The molecule has 0 saturated heterocycles. The van der Waals surface area contributed by atoms with E-state index in [1.165, 1.54) is 12.4 Å². The highest BCUT2D eigenvalue weighted by Gasteiger charge is 2.21. The van der Waals surface area contributed by atoms with E-state index in [-0.39, 0.29) is 4.90 Å². The molecule has 6 nitrogen and oxygen atoms in total. The van der Waals surface area contributed by atoms with Crippen molar-refractivity contribution in [2.75, 3.05) is 11.3 Å². The Kier molecular flexibility index (Phi) is 4.41. The van der Waals surface area contributed by atoms with Crippen molar-refractivity contribution < 1.29 is 12.8 Å². The fourth-order valence-electron chi connectivity index (χ4n) is 1.76. The zero-order valence-electron chi connectivity index (χ0n) is 11.4. The zero-order valence-corrected chi connectivity index (χ0v) is 12.2. The predicted molar refractivity (Wildman–Crippen MR) is 75.9 cm³/mol. The van der Waals surface area contributed by atoms with Crippen LogP contribution in [0.1, 0.15) is 18.4 Å². The molecule has 20 heavy (non-hydrogen) atoms. The zero-order chi connectivity index (χ0) is 14.6. The van der Waals surface area contributed by atoms with Gasteiger partial charge in [0.2, 0.25) is 0 Å². The van der Waals surface area contributed by atoms with Gasteiger partial charge in [0.05, 0.1) is 12.2 Å². The third-order valence-corrected chi connectivity index (χ3v) is 4.18. The third-order valence-electron chi connectivity index (χ3n) is 2.69. The second kappa shape index (κ2) is 6.06. The minimum absolute atomic E-state index is 0.155. The molecular weight excluding hydrogens is 278 g/mol. The number of nitrogens with zero attached hydrogens (tertiary/aromatic N) is 1. The van der Waals surface area contributed by atoms with Crippen LogP contribution in [0.3, 0.4) is 0 Å². The van der Waals surface area contributed by atoms with Crippen LogP contribution in [0.5, 0.6) is 0 Å². The van der Waals surface area contributed by atoms with Crippen LogP contribution >= 0.6 is 0 Å². The van der Waals surface area contributed by atoms with Crippen molar-refractivity contribution in [3.63, 3.8) is 0 Å². The number of furan rings is 1. The van der Waals surface area contributed by atoms with E-state index in [4.69, 9.17) is 4.42 Å². The Morgan fingerprint density at radius 3 is 2.65 bits per heavy atom. The smallest absolute Gasteiger partial charge is 0.265 e. The number of rotatable bonds is 6. The third kappa shape index (κ3) is 3.37. The normalized spacial score (nSPS) is 11.5. The number of hydrogen-bond donors (Lipinski definition) is 2. The van der Waals surface area contributed by atoms with E-state index in [9.17, 15) is 8.42 Å². The molecule has 0 saturated carbocycles. The summed E-state index contributed by atoms with van der Waals surface area (Å²) < 4.78 is 32.5. The minimum Gasteiger partial charge on any atom is -0.464 e. The first kappa shape index (κ1) is 14.5. The highest BCUT2D eigenvalue weighted by atomic mass is 32.2. The Bertz CT molecular complexity index is 665. The van der Waals surface area contributed by atoms with Gasteiger partial charge in [-0.15, -0.1) is 0 Å². The van der Waals surface area contributed by atoms with Gasteiger partial charge >= 0.3 is 0 Å². The topological polar surface area (TPSA) is 84.2 Å². The maximum Gasteiger partial charge on any atom is 0.265 e. The second-order valence-electron chi connectivity index (χ2n) is 4.25. The molecule has 0 fully saturated rings. The molecule has 0 spiro atoms. The Balaban J connectivity index is 2.23. The SMILES string of the molecule is CCNCc1cc(S(=O)(=O)Nc2ccncc2)c(C)o1. The molecule has 0 atom stereocenters. The fraction of sp³-hybridized carbons (Fsp3) is 0.308. The van der Waals surface area contributed by atoms with Crippen LogP contribution in [0, 0.1) is 6.92 Å². The largest absolute Gasteiger partial charge is 0.464 e. The van der Waals surface area contributed by atoms with E-state index in [0.717, 1.165) is 6.54 Å². The Morgan fingerprint density at radius 1 is 1.30 bits per heavy atom. The molecule has 2 heterocycles. The number of aryl methyl sites for hydroxylation is 1. The van der Waals surface area contributed by atoms with Crippen LogP contribution in [-0.4, -0.2) is 19.9 Å². The first-order valence-corrected chi connectivity index (χ1v) is 7.74. The summed E-state index contributed by atoms with van der Waals surface area (Å²) in [5.41, 5.74) is 0.467. The van der Waals surface area contributed by atoms with E-state index >= 15 is 0 Å². The number of pyridine rings is 1. The first-order chi connectivity index (χ1) is 9.53. The molecule has 0 aliphatic rings. The summed E-state index contributed by atoms with van der Waals surface area (Å²) in [4.78, 5) is 4.00. The highest BCUT2D eigenvalue weighted by Crippen LogP contribution is 2.22. The Morgan fingerprint density at radius 2 is 2.00 bits per heavy atom. The molecule has 2 aromatic heterocycles. The maximum absolute atomic E-state index is 12.3. The van der Waals surface area contributed by atoms with Gasteiger partial charge in [0.15, 0.2) is 0 Å². The summed E-state index contributed by atoms with van der Waals surface area (Å²) in [6, 6.07) is 4.72. The van der Waals surface area contributed by atoms with Crippen molar-refractivity contribution in [3.8, 4) is 0 Å². The summed E-state index contributed by atoms with van der Waals surface area (Å²) in [5.74, 6) is 0.971. The average molecular weight is 295 g/mol. The second-order valence-corrected chi connectivity index (χ2v) is 5.91. The Hall–Kier alpha value is -1.86. The number of sulfonamides is 1. The summed E-state index contributed by atoms with van der Waals surface area (Å²) in [6.07, 6.45) is 3.05. The molecule has 2 rings (SSSR count). The molecule has 0 radical (unpaired) electrons. The predicted octanol–water partition coefficient (Wildman–Crippen LogP) is 1.89. The van der Waals surface area contributed by atoms with E-state index in [1.807, 2.05) is 6.92 Å². The van der Waals surface area contributed by atoms with Gasteiger partial charge in [-0.25, -0.2) is 8.42 Å². The van der Waals surface area contributed by atoms with E-state index < -0.39 is 10.0 Å². The summed E-state index contributed by atoms with van der Waals surface area (Å²) in [6.45, 7) is 4.90. The van der Waals surface area contributed by atoms with Gasteiger partial charge in [0.1, 0.15) is 16.4 Å². The van der Waals surface area contributed by atoms with E-state index in [0.29, 0.717) is 23.8 Å².